The molecule has 0 bridgehead atoms. The van der Waals surface area contributed by atoms with Gasteiger partial charge in [-0.3, -0.25) is 0 Å². The van der Waals surface area contributed by atoms with Gasteiger partial charge in [0.2, 0.25) is 11.9 Å². The lowest BCUT2D eigenvalue weighted by Crippen LogP contribution is -2.30. The fourth-order valence-electron chi connectivity index (χ4n) is 7.54. The van der Waals surface area contributed by atoms with Gasteiger partial charge in [0.1, 0.15) is 11.6 Å². The van der Waals surface area contributed by atoms with Crippen molar-refractivity contribution >= 4 is 56.7 Å². The Hall–Kier alpha value is -6.12. The van der Waals surface area contributed by atoms with Gasteiger partial charge in [-0.1, -0.05) is 43.5 Å². The number of anilines is 6. The number of hydrogen-bond acceptors (Lipinski definition) is 14. The van der Waals surface area contributed by atoms with Gasteiger partial charge in [-0.15, -0.1) is 0 Å². The van der Waals surface area contributed by atoms with Crippen molar-refractivity contribution in [2.45, 2.75) is 37.5 Å². The summed E-state index contributed by atoms with van der Waals surface area (Å²) >= 11 is 0. The van der Waals surface area contributed by atoms with Gasteiger partial charge in [-0.05, 0) is 60.4 Å². The Morgan fingerprint density at radius 1 is 0.536 bits per heavy atom. The van der Waals surface area contributed by atoms with Crippen LogP contribution in [0.15, 0.2) is 72.8 Å². The summed E-state index contributed by atoms with van der Waals surface area (Å²) < 4.78 is 22.1. The van der Waals surface area contributed by atoms with Crippen LogP contribution in [0.4, 0.5) is 34.9 Å². The lowest BCUT2D eigenvalue weighted by Gasteiger charge is -2.39. The molecule has 0 saturated heterocycles. The van der Waals surface area contributed by atoms with Crippen LogP contribution in [0.5, 0.6) is 23.0 Å². The number of benzene rings is 4. The van der Waals surface area contributed by atoms with Gasteiger partial charge in [0.15, 0.2) is 23.0 Å². The van der Waals surface area contributed by atoms with Crippen LogP contribution in [-0.2, 0) is 5.41 Å². The molecular formula is C42H48N8O6. The molecule has 1 fully saturated rings. The molecule has 4 aromatic carbocycles. The third-order valence-electron chi connectivity index (χ3n) is 10.3. The van der Waals surface area contributed by atoms with E-state index in [1.807, 2.05) is 24.3 Å². The lowest BCUT2D eigenvalue weighted by atomic mass is 9.65. The Morgan fingerprint density at radius 2 is 0.929 bits per heavy atom. The second-order valence-electron chi connectivity index (χ2n) is 13.6. The number of methoxy groups -OCH3 is 4. The molecule has 0 atom stereocenters. The maximum atomic E-state index is 9.50. The number of rotatable bonds is 16. The van der Waals surface area contributed by atoms with Crippen molar-refractivity contribution in [1.29, 1.82) is 0 Å². The van der Waals surface area contributed by atoms with Crippen molar-refractivity contribution in [2.75, 3.05) is 76.0 Å². The van der Waals surface area contributed by atoms with Crippen LogP contribution in [0.25, 0.3) is 21.8 Å². The summed E-state index contributed by atoms with van der Waals surface area (Å²) in [5, 5.41) is 33.7. The molecule has 0 aliphatic heterocycles. The van der Waals surface area contributed by atoms with Gasteiger partial charge >= 0.3 is 0 Å². The first-order valence-corrected chi connectivity index (χ1v) is 18.7. The first kappa shape index (κ1) is 38.2. The molecule has 6 N–H and O–H groups in total. The Kier molecular flexibility index (Phi) is 11.7. The summed E-state index contributed by atoms with van der Waals surface area (Å²) in [5.41, 5.74) is 5.42. The second-order valence-corrected chi connectivity index (χ2v) is 13.6. The molecule has 14 nitrogen and oxygen atoms in total. The molecule has 1 aliphatic carbocycles. The zero-order chi connectivity index (χ0) is 39.1. The molecule has 0 radical (unpaired) electrons. The van der Waals surface area contributed by atoms with Gasteiger partial charge in [0.05, 0.1) is 52.7 Å². The van der Waals surface area contributed by atoms with Crippen LogP contribution in [0, 0.1) is 0 Å². The standard InChI is InChI=1S/C42H48N8O6/c1-53-34-22-30-32(24-36(34)55-3)47-40(49-38(30)43-18-20-51)45-28-12-8-26(9-13-28)42(16-6-5-7-17-42)27-10-14-29(15-11-27)46-41-48-33-25-37(56-4)35(54-2)23-31(33)39(50-41)44-19-21-52/h8-15,22-25,51-52H,5-7,16-21H2,1-4H3,(H2,43,45,47,49)(H2,44,46,48,50). The summed E-state index contributed by atoms with van der Waals surface area (Å²) in [6, 6.07) is 24.4. The molecule has 56 heavy (non-hydrogen) atoms. The Bertz CT molecular complexity index is 2130. The lowest BCUT2D eigenvalue weighted by molar-refractivity contribution is 0.310. The molecule has 2 heterocycles. The molecule has 0 unspecified atom stereocenters. The topological polar surface area (TPSA) is 177 Å². The quantitative estimate of drug-likeness (QED) is 0.0586. The molecular weight excluding hydrogens is 713 g/mol. The van der Waals surface area contributed by atoms with E-state index in [0.29, 0.717) is 70.7 Å². The van der Waals surface area contributed by atoms with E-state index >= 15 is 0 Å². The Balaban J connectivity index is 1.14. The van der Waals surface area contributed by atoms with Crippen molar-refractivity contribution in [1.82, 2.24) is 19.9 Å². The fraction of sp³-hybridized carbons (Fsp3) is 0.333. The molecule has 14 heteroatoms. The number of aliphatic hydroxyl groups is 2. The molecule has 292 valence electrons. The van der Waals surface area contributed by atoms with Crippen LogP contribution in [-0.4, -0.2) is 84.9 Å². The molecule has 1 aliphatic rings. The first-order chi connectivity index (χ1) is 27.4. The second kappa shape index (κ2) is 17.1. The maximum Gasteiger partial charge on any atom is 0.229 e. The Morgan fingerprint density at radius 3 is 1.30 bits per heavy atom. The summed E-state index contributed by atoms with van der Waals surface area (Å²) in [6.45, 7) is 0.584. The van der Waals surface area contributed by atoms with Crippen molar-refractivity contribution < 1.29 is 29.2 Å². The Labute approximate surface area is 325 Å². The number of nitrogens with one attached hydrogen (secondary N) is 4. The number of hydrogen-bond donors (Lipinski definition) is 6. The molecule has 1 saturated carbocycles. The first-order valence-electron chi connectivity index (χ1n) is 18.7. The van der Waals surface area contributed by atoms with Crippen molar-refractivity contribution in [3.05, 3.63) is 83.9 Å². The van der Waals surface area contributed by atoms with Crippen LogP contribution in [0.3, 0.4) is 0 Å². The van der Waals surface area contributed by atoms with Crippen molar-refractivity contribution in [3.63, 3.8) is 0 Å². The minimum Gasteiger partial charge on any atom is -0.493 e. The number of ether oxygens (including phenoxy) is 4. The smallest absolute Gasteiger partial charge is 0.229 e. The average molecular weight is 761 g/mol. The highest BCUT2D eigenvalue weighted by Gasteiger charge is 2.35. The third-order valence-corrected chi connectivity index (χ3v) is 10.3. The molecule has 7 rings (SSSR count). The van der Waals surface area contributed by atoms with E-state index in [1.165, 1.54) is 17.5 Å². The minimum absolute atomic E-state index is 0.0418. The minimum atomic E-state index is -0.137. The van der Waals surface area contributed by atoms with Gasteiger partial charge in [-0.25, -0.2) is 9.97 Å². The predicted molar refractivity (Wildman–Crippen MR) is 220 cm³/mol. The number of fused-ring (bicyclic) bond motifs is 2. The highest BCUT2D eigenvalue weighted by molar-refractivity contribution is 5.94. The van der Waals surface area contributed by atoms with Gasteiger partial charge < -0.3 is 50.4 Å². The normalized spacial score (nSPS) is 13.6. The fourth-order valence-corrected chi connectivity index (χ4v) is 7.54. The summed E-state index contributed by atoms with van der Waals surface area (Å²) in [6.07, 6.45) is 5.60. The zero-order valence-electron chi connectivity index (χ0n) is 32.1. The SMILES string of the molecule is COc1cc2nc(Nc3ccc(C4(c5ccc(Nc6nc(NCCO)c7cc(OC)c(OC)cc7n6)cc5)CCCCC4)cc3)nc(NCCO)c2cc1OC. The van der Waals surface area contributed by atoms with Crippen LogP contribution < -0.4 is 40.2 Å². The van der Waals surface area contributed by atoms with E-state index in [-0.39, 0.29) is 18.6 Å². The molecule has 2 aromatic heterocycles. The third kappa shape index (κ3) is 7.84. The van der Waals surface area contributed by atoms with Crippen LogP contribution >= 0.6 is 0 Å². The zero-order valence-corrected chi connectivity index (χ0v) is 32.1. The van der Waals surface area contributed by atoms with E-state index in [2.05, 4.69) is 69.8 Å². The molecule has 0 amide bonds. The number of aliphatic hydroxyl groups excluding tert-OH is 2. The predicted octanol–water partition coefficient (Wildman–Crippen LogP) is 7.15. The van der Waals surface area contributed by atoms with Crippen molar-refractivity contribution in [3.8, 4) is 23.0 Å². The van der Waals surface area contributed by atoms with Gasteiger partial charge in [-0.2, -0.15) is 9.97 Å². The van der Waals surface area contributed by atoms with Crippen LogP contribution in [0.2, 0.25) is 0 Å². The van der Waals surface area contributed by atoms with E-state index in [1.54, 1.807) is 28.4 Å². The van der Waals surface area contributed by atoms with E-state index in [4.69, 9.17) is 38.9 Å². The summed E-state index contributed by atoms with van der Waals surface area (Å²) in [7, 11) is 6.35. The number of aromatic nitrogens is 4. The maximum absolute atomic E-state index is 9.50. The summed E-state index contributed by atoms with van der Waals surface area (Å²) in [5.74, 6) is 4.25. The van der Waals surface area contributed by atoms with E-state index < -0.39 is 0 Å². The van der Waals surface area contributed by atoms with Crippen LogP contribution in [0.1, 0.15) is 43.2 Å². The van der Waals surface area contributed by atoms with Gasteiger partial charge in [0, 0.05) is 52.8 Å². The molecule has 0 spiro atoms. The monoisotopic (exact) mass is 760 g/mol. The van der Waals surface area contributed by atoms with Crippen molar-refractivity contribution in [2.24, 2.45) is 0 Å². The highest BCUT2D eigenvalue weighted by atomic mass is 16.5. The van der Waals surface area contributed by atoms with Gasteiger partial charge in [0.25, 0.3) is 0 Å². The summed E-state index contributed by atoms with van der Waals surface area (Å²) in [4.78, 5) is 19.1. The van der Waals surface area contributed by atoms with E-state index in [9.17, 15) is 10.2 Å². The average Bonchev–Trinajstić information content (AvgIpc) is 3.24. The highest BCUT2D eigenvalue weighted by Crippen LogP contribution is 2.46. The molecule has 6 aromatic rings. The van der Waals surface area contributed by atoms with E-state index in [0.717, 1.165) is 47.8 Å². The number of nitrogens with zero attached hydrogens (tertiary/aromatic N) is 4. The largest absolute Gasteiger partial charge is 0.493 e.